The van der Waals surface area contributed by atoms with Crippen LogP contribution >= 0.6 is 0 Å². The molecule has 0 bridgehead atoms. The highest BCUT2D eigenvalue weighted by atomic mass is 32.2. The van der Waals surface area contributed by atoms with Gasteiger partial charge in [-0.05, 0) is 36.5 Å². The molecule has 0 aliphatic heterocycles. The van der Waals surface area contributed by atoms with Gasteiger partial charge in [0.15, 0.2) is 0 Å². The Morgan fingerprint density at radius 2 is 1.68 bits per heavy atom. The van der Waals surface area contributed by atoms with Gasteiger partial charge in [-0.1, -0.05) is 68.4 Å². The minimum absolute atomic E-state index is 0.156. The van der Waals surface area contributed by atoms with Gasteiger partial charge in [0.25, 0.3) is 5.91 Å². The minimum Gasteiger partial charge on any atom is -0.390 e. The number of nitrogens with one attached hydrogen (secondary N) is 2. The Morgan fingerprint density at radius 1 is 1.00 bits per heavy atom. The first-order chi connectivity index (χ1) is 18.0. The van der Waals surface area contributed by atoms with Crippen LogP contribution in [0.4, 0.5) is 0 Å². The van der Waals surface area contributed by atoms with E-state index < -0.39 is 34.0 Å². The summed E-state index contributed by atoms with van der Waals surface area (Å²) >= 11 is 0. The fraction of sp³-hybridized carbons (Fsp3) is 0.393. The second-order valence-corrected chi connectivity index (χ2v) is 11.8. The molecule has 3 aromatic rings. The zero-order chi connectivity index (χ0) is 27.7. The molecule has 0 saturated carbocycles. The van der Waals surface area contributed by atoms with Gasteiger partial charge in [0.05, 0.1) is 30.5 Å². The molecule has 0 spiro atoms. The Balaban J connectivity index is 1.67. The lowest BCUT2D eigenvalue weighted by Crippen LogP contribution is -2.52. The number of pyridine rings is 1. The average molecular weight is 541 g/mol. The molecule has 0 aliphatic rings. The highest BCUT2D eigenvalue weighted by molar-refractivity contribution is 7.88. The van der Waals surface area contributed by atoms with Crippen molar-refractivity contribution in [1.82, 2.24) is 19.9 Å². The van der Waals surface area contributed by atoms with Crippen LogP contribution in [0.2, 0.25) is 0 Å². The van der Waals surface area contributed by atoms with E-state index in [2.05, 4.69) is 15.6 Å². The SMILES string of the molecule is CC(C)CCN(C[C@@H](O)[C@H](Cc1ccccc1)NC(=O)CNC(=O)c1ccc2ccccc2n1)S(C)(=O)=O. The van der Waals surface area contributed by atoms with Crippen LogP contribution in [0, 0.1) is 5.92 Å². The standard InChI is InChI=1S/C28H36N4O5S/c1-20(2)15-16-32(38(3,36)37)19-26(33)25(17-21-9-5-4-6-10-21)31-27(34)18-29-28(35)24-14-13-22-11-7-8-12-23(22)30-24/h4-14,20,25-26,33H,15-19H2,1-3H3,(H,29,35)(H,31,34)/t25-,26+/m0/s1. The largest absolute Gasteiger partial charge is 0.390 e. The van der Waals surface area contributed by atoms with E-state index >= 15 is 0 Å². The third kappa shape index (κ3) is 8.90. The minimum atomic E-state index is -3.56. The number of aromatic nitrogens is 1. The molecule has 9 nitrogen and oxygen atoms in total. The molecule has 0 fully saturated rings. The van der Waals surface area contributed by atoms with E-state index in [4.69, 9.17) is 0 Å². The van der Waals surface area contributed by atoms with E-state index in [9.17, 15) is 23.1 Å². The number of aliphatic hydroxyl groups is 1. The van der Waals surface area contributed by atoms with Crippen molar-refractivity contribution in [3.63, 3.8) is 0 Å². The quantitative estimate of drug-likeness (QED) is 0.305. The molecule has 38 heavy (non-hydrogen) atoms. The number of nitrogens with zero attached hydrogens (tertiary/aromatic N) is 2. The Morgan fingerprint density at radius 3 is 2.37 bits per heavy atom. The summed E-state index contributed by atoms with van der Waals surface area (Å²) in [6.07, 6.45) is 0.875. The van der Waals surface area contributed by atoms with Gasteiger partial charge in [-0.3, -0.25) is 9.59 Å². The number of carbonyl (C=O) groups excluding carboxylic acids is 2. The smallest absolute Gasteiger partial charge is 0.270 e. The van der Waals surface area contributed by atoms with Crippen LogP contribution in [0.5, 0.6) is 0 Å². The lowest BCUT2D eigenvalue weighted by molar-refractivity contribution is -0.121. The van der Waals surface area contributed by atoms with Crippen LogP contribution in [0.15, 0.2) is 66.7 Å². The maximum Gasteiger partial charge on any atom is 0.270 e. The summed E-state index contributed by atoms with van der Waals surface area (Å²) in [5.41, 5.74) is 1.73. The lowest BCUT2D eigenvalue weighted by Gasteiger charge is -2.29. The maximum absolute atomic E-state index is 12.8. The van der Waals surface area contributed by atoms with Crippen molar-refractivity contribution in [1.29, 1.82) is 0 Å². The number of fused-ring (bicyclic) bond motifs is 1. The Labute approximate surface area is 224 Å². The van der Waals surface area contributed by atoms with E-state index in [1.54, 1.807) is 18.2 Å². The number of carbonyl (C=O) groups is 2. The molecule has 1 aromatic heterocycles. The summed E-state index contributed by atoms with van der Waals surface area (Å²) in [6.45, 7) is 3.79. The van der Waals surface area contributed by atoms with Gasteiger partial charge in [-0.15, -0.1) is 0 Å². The van der Waals surface area contributed by atoms with Crippen LogP contribution in [0.25, 0.3) is 10.9 Å². The Hall–Kier alpha value is -3.34. The lowest BCUT2D eigenvalue weighted by atomic mass is 10.0. The van der Waals surface area contributed by atoms with Crippen LogP contribution in [0.3, 0.4) is 0 Å². The summed E-state index contributed by atoms with van der Waals surface area (Å²) in [7, 11) is -3.56. The van der Waals surface area contributed by atoms with Crippen molar-refractivity contribution >= 4 is 32.7 Å². The zero-order valence-electron chi connectivity index (χ0n) is 22.0. The van der Waals surface area contributed by atoms with Gasteiger partial charge in [0.1, 0.15) is 5.69 Å². The van der Waals surface area contributed by atoms with E-state index in [0.29, 0.717) is 11.9 Å². The van der Waals surface area contributed by atoms with Gasteiger partial charge in [-0.25, -0.2) is 13.4 Å². The van der Waals surface area contributed by atoms with Gasteiger partial charge < -0.3 is 15.7 Å². The van der Waals surface area contributed by atoms with Crippen molar-refractivity contribution < 1.29 is 23.1 Å². The van der Waals surface area contributed by atoms with Crippen molar-refractivity contribution in [3.05, 3.63) is 78.0 Å². The molecule has 2 amide bonds. The fourth-order valence-electron chi connectivity index (χ4n) is 3.98. The van der Waals surface area contributed by atoms with E-state index in [0.717, 1.165) is 17.2 Å². The van der Waals surface area contributed by atoms with Crippen molar-refractivity contribution in [2.45, 2.75) is 38.8 Å². The summed E-state index contributed by atoms with van der Waals surface area (Å²) in [6, 6.07) is 19.3. The predicted molar refractivity (Wildman–Crippen MR) is 148 cm³/mol. The molecular weight excluding hydrogens is 504 g/mol. The zero-order valence-corrected chi connectivity index (χ0v) is 22.8. The first-order valence-corrected chi connectivity index (χ1v) is 14.5. The van der Waals surface area contributed by atoms with E-state index in [1.165, 1.54) is 4.31 Å². The first-order valence-electron chi connectivity index (χ1n) is 12.6. The summed E-state index contributed by atoms with van der Waals surface area (Å²) < 4.78 is 25.9. The summed E-state index contributed by atoms with van der Waals surface area (Å²) in [4.78, 5) is 29.8. The second kappa shape index (κ2) is 13.5. The molecule has 204 valence electrons. The number of benzene rings is 2. The number of rotatable bonds is 13. The molecule has 0 aliphatic carbocycles. The number of amides is 2. The molecule has 0 radical (unpaired) electrons. The monoisotopic (exact) mass is 540 g/mol. The third-order valence-electron chi connectivity index (χ3n) is 6.17. The fourth-order valence-corrected chi connectivity index (χ4v) is 4.84. The van der Waals surface area contributed by atoms with Gasteiger partial charge in [0, 0.05) is 18.5 Å². The van der Waals surface area contributed by atoms with Crippen LogP contribution in [-0.4, -0.2) is 72.7 Å². The average Bonchev–Trinajstić information content (AvgIpc) is 2.88. The van der Waals surface area contributed by atoms with E-state index in [-0.39, 0.29) is 37.7 Å². The number of hydrogen-bond donors (Lipinski definition) is 3. The molecule has 1 heterocycles. The molecule has 3 N–H and O–H groups in total. The number of aliphatic hydroxyl groups excluding tert-OH is 1. The molecule has 3 rings (SSSR count). The maximum atomic E-state index is 12.8. The molecule has 0 unspecified atom stereocenters. The van der Waals surface area contributed by atoms with Crippen LogP contribution < -0.4 is 10.6 Å². The Kier molecular flexibility index (Phi) is 10.3. The van der Waals surface area contributed by atoms with Gasteiger partial charge in [-0.2, -0.15) is 4.31 Å². The molecule has 2 atom stereocenters. The van der Waals surface area contributed by atoms with E-state index in [1.807, 2.05) is 62.4 Å². The topological polar surface area (TPSA) is 129 Å². The molecule has 0 saturated heterocycles. The predicted octanol–water partition coefficient (Wildman–Crippen LogP) is 2.36. The summed E-state index contributed by atoms with van der Waals surface area (Å²) in [5, 5.41) is 17.3. The number of hydrogen-bond acceptors (Lipinski definition) is 6. The van der Waals surface area contributed by atoms with Crippen LogP contribution in [-0.2, 0) is 21.2 Å². The molecular formula is C28H36N4O5S. The van der Waals surface area contributed by atoms with Crippen molar-refractivity contribution in [2.75, 3.05) is 25.9 Å². The first kappa shape index (κ1) is 29.2. The Bertz CT molecular complexity index is 1330. The highest BCUT2D eigenvalue weighted by Crippen LogP contribution is 2.13. The molecule has 2 aromatic carbocycles. The highest BCUT2D eigenvalue weighted by Gasteiger charge is 2.28. The molecule has 10 heteroatoms. The second-order valence-electron chi connectivity index (χ2n) is 9.81. The number of sulfonamides is 1. The summed E-state index contributed by atoms with van der Waals surface area (Å²) in [5.74, 6) is -0.716. The van der Waals surface area contributed by atoms with Gasteiger partial charge >= 0.3 is 0 Å². The third-order valence-corrected chi connectivity index (χ3v) is 7.44. The number of para-hydroxylation sites is 1. The normalized spacial score (nSPS) is 13.4. The van der Waals surface area contributed by atoms with Gasteiger partial charge in [0.2, 0.25) is 15.9 Å². The van der Waals surface area contributed by atoms with Crippen molar-refractivity contribution in [2.24, 2.45) is 5.92 Å². The van der Waals surface area contributed by atoms with Crippen molar-refractivity contribution in [3.8, 4) is 0 Å². The van der Waals surface area contributed by atoms with Crippen LogP contribution in [0.1, 0.15) is 36.3 Å².